The van der Waals surface area contributed by atoms with Gasteiger partial charge in [-0.25, -0.2) is 8.99 Å². The molecule has 2 aromatic rings. The Morgan fingerprint density at radius 3 is 2.72 bits per heavy atom. The van der Waals surface area contributed by atoms with Crippen molar-refractivity contribution in [3.63, 3.8) is 0 Å². The van der Waals surface area contributed by atoms with Gasteiger partial charge in [-0.3, -0.25) is 4.79 Å². The molecule has 0 saturated carbocycles. The lowest BCUT2D eigenvalue weighted by molar-refractivity contribution is 0.0595. The van der Waals surface area contributed by atoms with Gasteiger partial charge in [-0.15, -0.1) is 0 Å². The van der Waals surface area contributed by atoms with Crippen molar-refractivity contribution in [3.8, 4) is 6.07 Å². The van der Waals surface area contributed by atoms with Crippen molar-refractivity contribution in [2.75, 3.05) is 38.2 Å². The average Bonchev–Trinajstić information content (AvgIpc) is 2.83. The molecule has 1 aromatic heterocycles. The third-order valence-electron chi connectivity index (χ3n) is 5.99. The molecule has 32 heavy (non-hydrogen) atoms. The van der Waals surface area contributed by atoms with E-state index in [1.165, 1.54) is 0 Å². The van der Waals surface area contributed by atoms with E-state index in [2.05, 4.69) is 32.9 Å². The molecule has 0 bridgehead atoms. The number of piperidine rings is 1. The van der Waals surface area contributed by atoms with Gasteiger partial charge in [0.2, 0.25) is 0 Å². The fraction of sp³-hybridized carbons (Fsp3) is 0.522. The maximum Gasteiger partial charge on any atom is 0.287 e. The molecular weight excluding hydrogens is 446 g/mol. The summed E-state index contributed by atoms with van der Waals surface area (Å²) in [7, 11) is 0. The lowest BCUT2D eigenvalue weighted by Crippen LogP contribution is -2.36. The van der Waals surface area contributed by atoms with Crippen LogP contribution in [0, 0.1) is 17.2 Å². The van der Waals surface area contributed by atoms with Crippen LogP contribution in [0.4, 0.5) is 5.69 Å². The van der Waals surface area contributed by atoms with Crippen molar-refractivity contribution >= 4 is 29.2 Å². The lowest BCUT2D eigenvalue weighted by Gasteiger charge is -2.31. The second kappa shape index (κ2) is 11.2. The highest BCUT2D eigenvalue weighted by molar-refractivity contribution is 7.97. The standard InChI is InChI=1S/C23H28ClN5O2S/c24-22-21(26-14-18-2-1-13-31-16-18)15-27-29(23(22)30)19-8-11-28(12-9-19)32-20-5-3-17(4-6-20)7-10-25/h3-6,15,18-19,26H,1-2,7-9,11-14,16H2. The van der Waals surface area contributed by atoms with Crippen LogP contribution in [0.3, 0.4) is 0 Å². The van der Waals surface area contributed by atoms with Crippen molar-refractivity contribution in [3.05, 3.63) is 51.4 Å². The molecule has 0 aliphatic carbocycles. The van der Waals surface area contributed by atoms with Crippen molar-refractivity contribution in [1.29, 1.82) is 5.26 Å². The van der Waals surface area contributed by atoms with Crippen LogP contribution >= 0.6 is 23.5 Å². The first-order valence-corrected chi connectivity index (χ1v) is 12.3. The molecule has 1 N–H and O–H groups in total. The van der Waals surface area contributed by atoms with E-state index < -0.39 is 0 Å². The minimum Gasteiger partial charge on any atom is -0.382 e. The Morgan fingerprint density at radius 1 is 1.25 bits per heavy atom. The summed E-state index contributed by atoms with van der Waals surface area (Å²) in [6.45, 7) is 4.04. The Morgan fingerprint density at radius 2 is 2.03 bits per heavy atom. The first kappa shape index (κ1) is 23.1. The molecular formula is C23H28ClN5O2S. The van der Waals surface area contributed by atoms with E-state index >= 15 is 0 Å². The zero-order chi connectivity index (χ0) is 22.3. The zero-order valence-electron chi connectivity index (χ0n) is 18.0. The summed E-state index contributed by atoms with van der Waals surface area (Å²) in [6, 6.07) is 10.3. The first-order valence-electron chi connectivity index (χ1n) is 11.1. The quantitative estimate of drug-likeness (QED) is 0.605. The SMILES string of the molecule is N#CCc1ccc(SN2CCC(n3ncc(NCC4CCCOC4)c(Cl)c3=O)CC2)cc1. The molecule has 4 rings (SSSR count). The van der Waals surface area contributed by atoms with E-state index in [-0.39, 0.29) is 16.6 Å². The van der Waals surface area contributed by atoms with Gasteiger partial charge < -0.3 is 10.1 Å². The van der Waals surface area contributed by atoms with Gasteiger partial charge in [0.15, 0.2) is 0 Å². The number of benzene rings is 1. The number of nitrogens with one attached hydrogen (secondary N) is 1. The molecule has 2 fully saturated rings. The van der Waals surface area contributed by atoms with Gasteiger partial charge in [0.05, 0.1) is 37.0 Å². The number of hydrogen-bond acceptors (Lipinski definition) is 7. The number of nitriles is 1. The van der Waals surface area contributed by atoms with E-state index in [0.717, 1.165) is 69.0 Å². The molecule has 2 aliphatic rings. The highest BCUT2D eigenvalue weighted by Crippen LogP contribution is 2.30. The molecule has 2 saturated heterocycles. The maximum atomic E-state index is 12.9. The summed E-state index contributed by atoms with van der Waals surface area (Å²) >= 11 is 8.12. The molecule has 0 radical (unpaired) electrons. The summed E-state index contributed by atoms with van der Waals surface area (Å²) in [5, 5.41) is 16.7. The number of anilines is 1. The van der Waals surface area contributed by atoms with Crippen molar-refractivity contribution in [2.45, 2.75) is 43.0 Å². The van der Waals surface area contributed by atoms with E-state index in [4.69, 9.17) is 21.6 Å². The zero-order valence-corrected chi connectivity index (χ0v) is 19.6. The van der Waals surface area contributed by atoms with Gasteiger partial charge in [0.25, 0.3) is 5.56 Å². The predicted molar refractivity (Wildman–Crippen MR) is 127 cm³/mol. The summed E-state index contributed by atoms with van der Waals surface area (Å²) in [4.78, 5) is 14.0. The Kier molecular flexibility index (Phi) is 8.09. The molecule has 3 heterocycles. The first-order chi connectivity index (χ1) is 15.6. The van der Waals surface area contributed by atoms with Crippen LogP contribution in [0.2, 0.25) is 5.02 Å². The summed E-state index contributed by atoms with van der Waals surface area (Å²) < 4.78 is 9.37. The number of ether oxygens (including phenoxy) is 1. The van der Waals surface area contributed by atoms with Gasteiger partial charge in [0.1, 0.15) is 5.02 Å². The largest absolute Gasteiger partial charge is 0.382 e. The highest BCUT2D eigenvalue weighted by Gasteiger charge is 2.24. The van der Waals surface area contributed by atoms with Crippen LogP contribution < -0.4 is 10.9 Å². The lowest BCUT2D eigenvalue weighted by atomic mass is 10.0. The Labute approximate surface area is 197 Å². The monoisotopic (exact) mass is 473 g/mol. The van der Waals surface area contributed by atoms with Crippen LogP contribution in [0.5, 0.6) is 0 Å². The predicted octanol–water partition coefficient (Wildman–Crippen LogP) is 4.15. The van der Waals surface area contributed by atoms with Crippen LogP contribution in [0.1, 0.15) is 37.3 Å². The molecule has 0 spiro atoms. The molecule has 1 aromatic carbocycles. The summed E-state index contributed by atoms with van der Waals surface area (Å²) in [5.41, 5.74) is 1.41. The van der Waals surface area contributed by atoms with E-state index in [1.807, 2.05) is 12.1 Å². The minimum atomic E-state index is -0.226. The third kappa shape index (κ3) is 5.84. The Balaban J connectivity index is 1.31. The van der Waals surface area contributed by atoms with E-state index in [1.54, 1.807) is 22.8 Å². The molecule has 1 unspecified atom stereocenters. The molecule has 2 aliphatic heterocycles. The molecule has 7 nitrogen and oxygen atoms in total. The fourth-order valence-electron chi connectivity index (χ4n) is 4.14. The molecule has 0 amide bonds. The summed E-state index contributed by atoms with van der Waals surface area (Å²) in [6.07, 6.45) is 5.99. The van der Waals surface area contributed by atoms with E-state index in [0.29, 0.717) is 18.0 Å². The fourth-order valence-corrected chi connectivity index (χ4v) is 5.29. The van der Waals surface area contributed by atoms with Gasteiger partial charge in [-0.05, 0) is 61.2 Å². The molecule has 170 valence electrons. The Hall–Kier alpha value is -2.05. The third-order valence-corrected chi connectivity index (χ3v) is 7.46. The summed E-state index contributed by atoms with van der Waals surface area (Å²) in [5.74, 6) is 0.437. The minimum absolute atomic E-state index is 0.0515. The van der Waals surface area contributed by atoms with Gasteiger partial charge in [-0.2, -0.15) is 10.4 Å². The van der Waals surface area contributed by atoms with Gasteiger partial charge >= 0.3 is 0 Å². The second-order valence-corrected chi connectivity index (χ2v) is 9.86. The normalized spacial score (nSPS) is 20.1. The van der Waals surface area contributed by atoms with Crippen LogP contribution in [0.25, 0.3) is 0 Å². The van der Waals surface area contributed by atoms with Crippen molar-refractivity contribution in [1.82, 2.24) is 14.1 Å². The van der Waals surface area contributed by atoms with Crippen molar-refractivity contribution < 1.29 is 4.74 Å². The number of hydrogen-bond donors (Lipinski definition) is 1. The Bertz CT molecular complexity index is 993. The smallest absolute Gasteiger partial charge is 0.287 e. The number of halogens is 1. The maximum absolute atomic E-state index is 12.9. The molecule has 9 heteroatoms. The van der Waals surface area contributed by atoms with E-state index in [9.17, 15) is 4.79 Å². The van der Waals surface area contributed by atoms with Crippen LogP contribution in [0.15, 0.2) is 40.2 Å². The van der Waals surface area contributed by atoms with Crippen LogP contribution in [-0.4, -0.2) is 46.9 Å². The van der Waals surface area contributed by atoms with Gasteiger partial charge in [0, 0.05) is 31.1 Å². The number of aromatic nitrogens is 2. The highest BCUT2D eigenvalue weighted by atomic mass is 35.5. The number of nitrogens with zero attached hydrogens (tertiary/aromatic N) is 4. The van der Waals surface area contributed by atoms with Gasteiger partial charge in [-0.1, -0.05) is 23.7 Å². The molecule has 1 atom stereocenters. The van der Waals surface area contributed by atoms with Crippen molar-refractivity contribution in [2.24, 2.45) is 5.92 Å². The second-order valence-electron chi connectivity index (χ2n) is 8.32. The number of rotatable bonds is 7. The average molecular weight is 474 g/mol. The van der Waals surface area contributed by atoms with Crippen LogP contribution in [-0.2, 0) is 11.2 Å². The topological polar surface area (TPSA) is 83.2 Å².